The molecule has 2 heterocycles. The minimum atomic E-state index is -3.07. The number of aliphatic imine (C=N–C) groups is 1. The van der Waals surface area contributed by atoms with E-state index in [9.17, 15) is 8.42 Å². The lowest BCUT2D eigenvalue weighted by molar-refractivity contribution is 0.601. The number of halogens is 2. The van der Waals surface area contributed by atoms with Crippen LogP contribution < -0.4 is 4.90 Å². The maximum absolute atomic E-state index is 12.2. The Labute approximate surface area is 179 Å². The van der Waals surface area contributed by atoms with Crippen molar-refractivity contribution in [2.24, 2.45) is 4.99 Å². The van der Waals surface area contributed by atoms with Gasteiger partial charge in [0.1, 0.15) is 0 Å². The third-order valence-electron chi connectivity index (χ3n) is 5.10. The van der Waals surface area contributed by atoms with E-state index < -0.39 is 9.84 Å². The summed E-state index contributed by atoms with van der Waals surface area (Å²) in [7, 11) is -3.07. The summed E-state index contributed by atoms with van der Waals surface area (Å²) in [5.41, 5.74) is 4.24. The number of aryl methyl sites for hydroxylation is 2. The van der Waals surface area contributed by atoms with Crippen molar-refractivity contribution >= 4 is 55.7 Å². The van der Waals surface area contributed by atoms with Gasteiger partial charge in [-0.3, -0.25) is 4.99 Å². The van der Waals surface area contributed by atoms with Crippen molar-refractivity contribution in [1.82, 2.24) is 0 Å². The minimum absolute atomic E-state index is 0.116. The number of sulfone groups is 1. The van der Waals surface area contributed by atoms with Gasteiger partial charge in [-0.25, -0.2) is 8.42 Å². The summed E-state index contributed by atoms with van der Waals surface area (Å²) in [5, 5.41) is 2.08. The number of anilines is 1. The van der Waals surface area contributed by atoms with Crippen LogP contribution in [0.3, 0.4) is 0 Å². The van der Waals surface area contributed by atoms with Gasteiger partial charge in [0.25, 0.3) is 0 Å². The van der Waals surface area contributed by atoms with Crippen LogP contribution in [-0.2, 0) is 15.6 Å². The van der Waals surface area contributed by atoms with Crippen molar-refractivity contribution in [3.8, 4) is 0 Å². The largest absolute Gasteiger partial charge is 0.315 e. The fourth-order valence-corrected chi connectivity index (χ4v) is 7.19. The molecule has 2 aliphatic rings. The number of hydrogen-bond acceptors (Lipinski definition) is 5. The quantitative estimate of drug-likeness (QED) is 0.662. The van der Waals surface area contributed by atoms with Gasteiger partial charge in [-0.05, 0) is 48.7 Å². The van der Waals surface area contributed by atoms with Gasteiger partial charge < -0.3 is 4.90 Å². The van der Waals surface area contributed by atoms with Crippen LogP contribution in [0.5, 0.6) is 0 Å². The van der Waals surface area contributed by atoms with Gasteiger partial charge in [-0.2, -0.15) is 0 Å². The maximum Gasteiger partial charge on any atom is 0.164 e. The van der Waals surface area contributed by atoms with Crippen molar-refractivity contribution < 1.29 is 8.42 Å². The number of nitrogens with zero attached hydrogens (tertiary/aromatic N) is 2. The minimum Gasteiger partial charge on any atom is -0.315 e. The SMILES string of the molecule is Cc1ccc(C)c(N2C(SCc3ccc(Cl)cc3Cl)=NC3CS(=O)(=O)CC32)c1. The lowest BCUT2D eigenvalue weighted by atomic mass is 10.1. The average Bonchev–Trinajstić information content (AvgIpc) is 3.07. The van der Waals surface area contributed by atoms with Crippen LogP contribution in [0.25, 0.3) is 0 Å². The van der Waals surface area contributed by atoms with Crippen LogP contribution in [0.4, 0.5) is 5.69 Å². The van der Waals surface area contributed by atoms with Crippen molar-refractivity contribution in [3.63, 3.8) is 0 Å². The van der Waals surface area contributed by atoms with E-state index in [1.54, 1.807) is 17.8 Å². The monoisotopic (exact) mass is 454 g/mol. The van der Waals surface area contributed by atoms with E-state index in [1.165, 1.54) is 0 Å². The van der Waals surface area contributed by atoms with E-state index in [4.69, 9.17) is 28.2 Å². The second-order valence-corrected chi connectivity index (χ2v) is 11.2. The molecule has 0 radical (unpaired) electrons. The Balaban J connectivity index is 1.66. The number of rotatable bonds is 3. The lowest BCUT2D eigenvalue weighted by Crippen LogP contribution is -2.39. The third-order valence-corrected chi connectivity index (χ3v) is 8.40. The first-order valence-electron chi connectivity index (χ1n) is 8.95. The zero-order chi connectivity index (χ0) is 20.1. The Morgan fingerprint density at radius 1 is 1.14 bits per heavy atom. The second kappa shape index (κ2) is 7.56. The molecule has 0 bridgehead atoms. The van der Waals surface area contributed by atoms with E-state index in [0.29, 0.717) is 15.8 Å². The Morgan fingerprint density at radius 3 is 2.68 bits per heavy atom. The number of benzene rings is 2. The molecule has 4 rings (SSSR count). The molecule has 2 atom stereocenters. The summed E-state index contributed by atoms with van der Waals surface area (Å²) in [5.74, 6) is 0.896. The molecule has 2 aliphatic heterocycles. The summed E-state index contributed by atoms with van der Waals surface area (Å²) in [6.07, 6.45) is 0. The molecule has 0 aromatic heterocycles. The molecule has 28 heavy (non-hydrogen) atoms. The lowest BCUT2D eigenvalue weighted by Gasteiger charge is -2.28. The molecule has 1 fully saturated rings. The normalized spacial score (nSPS) is 23.0. The molecule has 148 valence electrons. The van der Waals surface area contributed by atoms with E-state index in [2.05, 4.69) is 23.1 Å². The first-order chi connectivity index (χ1) is 13.2. The van der Waals surface area contributed by atoms with E-state index in [1.807, 2.05) is 26.0 Å². The van der Waals surface area contributed by atoms with Gasteiger partial charge in [0, 0.05) is 21.5 Å². The molecule has 0 saturated carbocycles. The molecule has 2 aromatic rings. The summed E-state index contributed by atoms with van der Waals surface area (Å²) < 4.78 is 24.4. The molecule has 2 aromatic carbocycles. The molecule has 0 spiro atoms. The van der Waals surface area contributed by atoms with Gasteiger partial charge in [0.2, 0.25) is 0 Å². The molecule has 0 aliphatic carbocycles. The van der Waals surface area contributed by atoms with Gasteiger partial charge in [0.05, 0.1) is 23.6 Å². The second-order valence-electron chi connectivity index (χ2n) is 7.31. The predicted molar refractivity (Wildman–Crippen MR) is 120 cm³/mol. The molecular formula is C20H20Cl2N2O2S2. The molecule has 1 saturated heterocycles. The predicted octanol–water partition coefficient (Wildman–Crippen LogP) is 4.89. The smallest absolute Gasteiger partial charge is 0.164 e. The molecule has 0 N–H and O–H groups in total. The first-order valence-corrected chi connectivity index (χ1v) is 12.5. The van der Waals surface area contributed by atoms with Crippen molar-refractivity contribution in [2.75, 3.05) is 16.4 Å². The Morgan fingerprint density at radius 2 is 1.93 bits per heavy atom. The molecule has 8 heteroatoms. The summed E-state index contributed by atoms with van der Waals surface area (Å²) in [4.78, 5) is 6.91. The summed E-state index contributed by atoms with van der Waals surface area (Å²) in [6, 6.07) is 11.4. The number of hydrogen-bond donors (Lipinski definition) is 0. The Hall–Kier alpha value is -1.21. The van der Waals surface area contributed by atoms with Crippen molar-refractivity contribution in [3.05, 3.63) is 63.1 Å². The number of fused-ring (bicyclic) bond motifs is 1. The van der Waals surface area contributed by atoms with Crippen LogP contribution in [0.15, 0.2) is 41.4 Å². The summed E-state index contributed by atoms with van der Waals surface area (Å²) in [6.45, 7) is 4.09. The van der Waals surface area contributed by atoms with Crippen molar-refractivity contribution in [1.29, 1.82) is 0 Å². The highest BCUT2D eigenvalue weighted by atomic mass is 35.5. The fraction of sp³-hybridized carbons (Fsp3) is 0.350. The van der Waals surface area contributed by atoms with Gasteiger partial charge in [-0.1, -0.05) is 53.2 Å². The summed E-state index contributed by atoms with van der Waals surface area (Å²) >= 11 is 13.9. The van der Waals surface area contributed by atoms with E-state index >= 15 is 0 Å². The number of thioether (sulfide) groups is 1. The molecular weight excluding hydrogens is 435 g/mol. The van der Waals surface area contributed by atoms with Gasteiger partial charge in [-0.15, -0.1) is 0 Å². The highest BCUT2D eigenvalue weighted by molar-refractivity contribution is 8.13. The van der Waals surface area contributed by atoms with Gasteiger partial charge >= 0.3 is 0 Å². The zero-order valence-electron chi connectivity index (χ0n) is 15.5. The zero-order valence-corrected chi connectivity index (χ0v) is 18.7. The van der Waals surface area contributed by atoms with Gasteiger partial charge in [0.15, 0.2) is 15.0 Å². The highest BCUT2D eigenvalue weighted by Gasteiger charge is 2.47. The molecule has 0 amide bonds. The third kappa shape index (κ3) is 3.92. The van der Waals surface area contributed by atoms with Crippen LogP contribution in [0.2, 0.25) is 10.0 Å². The average molecular weight is 455 g/mol. The van der Waals surface area contributed by atoms with Crippen LogP contribution >= 0.6 is 35.0 Å². The molecule has 4 nitrogen and oxygen atoms in total. The fourth-order valence-electron chi connectivity index (χ4n) is 3.67. The van der Waals surface area contributed by atoms with E-state index in [0.717, 1.165) is 27.5 Å². The Bertz CT molecular complexity index is 1070. The standard InChI is InChI=1S/C20H20Cl2N2O2S2/c1-12-3-4-13(2)18(7-12)24-19-11-28(25,26)10-17(19)23-20(24)27-9-14-5-6-15(21)8-16(14)22/h3-8,17,19H,9-11H2,1-2H3. The van der Waals surface area contributed by atoms with Crippen LogP contribution in [0, 0.1) is 13.8 Å². The topological polar surface area (TPSA) is 49.7 Å². The maximum atomic E-state index is 12.2. The van der Waals surface area contributed by atoms with Crippen LogP contribution in [-0.4, -0.2) is 37.2 Å². The Kier molecular flexibility index (Phi) is 5.42. The highest BCUT2D eigenvalue weighted by Crippen LogP contribution is 2.38. The first kappa shape index (κ1) is 20.1. The van der Waals surface area contributed by atoms with E-state index in [-0.39, 0.29) is 23.6 Å². The van der Waals surface area contributed by atoms with Crippen LogP contribution in [0.1, 0.15) is 16.7 Å². The number of amidine groups is 1. The molecule has 2 unspecified atom stereocenters. The van der Waals surface area contributed by atoms with Crippen molar-refractivity contribution in [2.45, 2.75) is 31.7 Å².